The highest BCUT2D eigenvalue weighted by Crippen LogP contribution is 2.46. The summed E-state index contributed by atoms with van der Waals surface area (Å²) in [6.07, 6.45) is 0. The predicted octanol–water partition coefficient (Wildman–Crippen LogP) is 3.26. The van der Waals surface area contributed by atoms with Crippen LogP contribution in [-0.4, -0.2) is 21.6 Å². The molecule has 2 aromatic heterocycles. The largest absolute Gasteiger partial charge is 0.363 e. The van der Waals surface area contributed by atoms with Gasteiger partial charge in [-0.25, -0.2) is 9.97 Å². The normalized spacial score (nSPS) is 17.4. The van der Waals surface area contributed by atoms with E-state index in [1.54, 1.807) is 0 Å². The van der Waals surface area contributed by atoms with Gasteiger partial charge in [-0.3, -0.25) is 0 Å². The van der Waals surface area contributed by atoms with Crippen molar-refractivity contribution in [2.75, 3.05) is 11.9 Å². The molecule has 0 fully saturated rings. The van der Waals surface area contributed by atoms with E-state index in [1.807, 2.05) is 13.8 Å². The maximum absolute atomic E-state index is 6.33. The highest BCUT2D eigenvalue weighted by molar-refractivity contribution is 6.33. The van der Waals surface area contributed by atoms with Crippen LogP contribution in [0.1, 0.15) is 30.2 Å². The number of aryl methyl sites for hydroxylation is 2. The molecule has 19 heavy (non-hydrogen) atoms. The average Bonchev–Trinajstić information content (AvgIpc) is 2.62. The summed E-state index contributed by atoms with van der Waals surface area (Å²) in [7, 11) is 4.11. The van der Waals surface area contributed by atoms with Gasteiger partial charge < -0.3 is 9.47 Å². The number of hydrogen-bond donors (Lipinski definition) is 0. The molecule has 0 saturated carbocycles. The van der Waals surface area contributed by atoms with Crippen molar-refractivity contribution in [1.29, 1.82) is 0 Å². The predicted molar refractivity (Wildman–Crippen MR) is 77.7 cm³/mol. The third kappa shape index (κ3) is 1.59. The zero-order valence-electron chi connectivity index (χ0n) is 11.8. The van der Waals surface area contributed by atoms with Crippen LogP contribution in [0.25, 0.3) is 11.3 Å². The third-order valence-electron chi connectivity index (χ3n) is 4.03. The number of pyridine rings is 1. The van der Waals surface area contributed by atoms with Gasteiger partial charge in [-0.2, -0.15) is 0 Å². The summed E-state index contributed by atoms with van der Waals surface area (Å²) in [6.45, 7) is 6.15. The number of hydrogen-bond acceptors (Lipinski definition) is 3. The molecule has 1 aliphatic rings. The van der Waals surface area contributed by atoms with Crippen molar-refractivity contribution in [3.8, 4) is 11.3 Å². The van der Waals surface area contributed by atoms with E-state index in [4.69, 9.17) is 16.6 Å². The summed E-state index contributed by atoms with van der Waals surface area (Å²) in [5, 5.41) is 0.554. The first-order chi connectivity index (χ1) is 8.91. The van der Waals surface area contributed by atoms with Crippen LogP contribution in [-0.2, 0) is 7.05 Å². The number of imidazole rings is 1. The third-order valence-corrected chi connectivity index (χ3v) is 4.29. The molecule has 0 aliphatic carbocycles. The zero-order chi connectivity index (χ0) is 13.9. The van der Waals surface area contributed by atoms with Crippen molar-refractivity contribution in [1.82, 2.24) is 14.5 Å². The Morgan fingerprint density at radius 2 is 1.89 bits per heavy atom. The van der Waals surface area contributed by atoms with Crippen LogP contribution in [0.15, 0.2) is 6.07 Å². The Hall–Kier alpha value is -1.55. The fourth-order valence-corrected chi connectivity index (χ4v) is 3.19. The summed E-state index contributed by atoms with van der Waals surface area (Å²) in [5.74, 6) is 1.02. The van der Waals surface area contributed by atoms with E-state index in [0.717, 1.165) is 28.5 Å². The van der Waals surface area contributed by atoms with E-state index in [0.29, 0.717) is 5.15 Å². The Bertz CT molecular complexity index is 675. The second kappa shape index (κ2) is 3.97. The lowest BCUT2D eigenvalue weighted by molar-refractivity contribution is 0.657. The van der Waals surface area contributed by atoms with Crippen LogP contribution in [0.5, 0.6) is 0 Å². The molecule has 1 atom stereocenters. The Morgan fingerprint density at radius 1 is 1.21 bits per heavy atom. The summed E-state index contributed by atoms with van der Waals surface area (Å²) in [4.78, 5) is 11.2. The summed E-state index contributed by atoms with van der Waals surface area (Å²) >= 11 is 6.33. The molecule has 0 spiro atoms. The van der Waals surface area contributed by atoms with Crippen LogP contribution in [0.2, 0.25) is 5.15 Å². The zero-order valence-corrected chi connectivity index (χ0v) is 12.6. The van der Waals surface area contributed by atoms with E-state index >= 15 is 0 Å². The number of fused-ring (bicyclic) bond motifs is 3. The van der Waals surface area contributed by atoms with Gasteiger partial charge in [-0.1, -0.05) is 11.6 Å². The molecule has 0 bridgehead atoms. The molecule has 100 valence electrons. The van der Waals surface area contributed by atoms with Gasteiger partial charge in [0.2, 0.25) is 0 Å². The molecule has 3 heterocycles. The average molecular weight is 277 g/mol. The lowest BCUT2D eigenvalue weighted by atomic mass is 9.98. The van der Waals surface area contributed by atoms with Crippen LogP contribution in [0.3, 0.4) is 0 Å². The lowest BCUT2D eigenvalue weighted by Crippen LogP contribution is -2.28. The van der Waals surface area contributed by atoms with E-state index in [-0.39, 0.29) is 6.04 Å². The van der Waals surface area contributed by atoms with Crippen molar-refractivity contribution in [3.05, 3.63) is 28.4 Å². The van der Waals surface area contributed by atoms with Gasteiger partial charge in [0, 0.05) is 25.4 Å². The van der Waals surface area contributed by atoms with Gasteiger partial charge in [0.05, 0.1) is 23.1 Å². The Labute approximate surface area is 118 Å². The molecule has 0 saturated heterocycles. The number of halogens is 1. The smallest absolute Gasteiger partial charge is 0.153 e. The fourth-order valence-electron chi connectivity index (χ4n) is 2.83. The van der Waals surface area contributed by atoms with Crippen molar-refractivity contribution >= 4 is 17.3 Å². The summed E-state index contributed by atoms with van der Waals surface area (Å²) < 4.78 is 2.16. The van der Waals surface area contributed by atoms with E-state index in [1.165, 1.54) is 5.69 Å². The molecular formula is C14H17ClN4. The summed E-state index contributed by atoms with van der Waals surface area (Å²) in [5.41, 5.74) is 5.24. The molecule has 1 unspecified atom stereocenters. The first kappa shape index (κ1) is 12.5. The van der Waals surface area contributed by atoms with Gasteiger partial charge in [0.1, 0.15) is 5.82 Å². The van der Waals surface area contributed by atoms with Gasteiger partial charge in [0.25, 0.3) is 0 Å². The molecule has 0 N–H and O–H groups in total. The van der Waals surface area contributed by atoms with Gasteiger partial charge in [-0.15, -0.1) is 0 Å². The first-order valence-electron chi connectivity index (χ1n) is 6.35. The number of anilines is 1. The first-order valence-corrected chi connectivity index (χ1v) is 6.73. The van der Waals surface area contributed by atoms with Crippen LogP contribution in [0.4, 0.5) is 5.69 Å². The maximum Gasteiger partial charge on any atom is 0.153 e. The monoisotopic (exact) mass is 276 g/mol. The van der Waals surface area contributed by atoms with Crippen LogP contribution < -0.4 is 4.90 Å². The van der Waals surface area contributed by atoms with E-state index < -0.39 is 0 Å². The second-order valence-electron chi connectivity index (χ2n) is 5.19. The van der Waals surface area contributed by atoms with Gasteiger partial charge in [0.15, 0.2) is 5.15 Å². The molecule has 0 amide bonds. The lowest BCUT2D eigenvalue weighted by Gasteiger charge is -2.34. The van der Waals surface area contributed by atoms with Gasteiger partial charge in [-0.05, 0) is 26.8 Å². The number of rotatable bonds is 0. The molecule has 2 aromatic rings. The molecule has 1 aliphatic heterocycles. The highest BCUT2D eigenvalue weighted by atomic mass is 35.5. The Kier molecular flexibility index (Phi) is 2.61. The molecular weight excluding hydrogens is 260 g/mol. The van der Waals surface area contributed by atoms with Gasteiger partial charge >= 0.3 is 0 Å². The highest BCUT2D eigenvalue weighted by Gasteiger charge is 2.32. The van der Waals surface area contributed by atoms with E-state index in [2.05, 4.69) is 41.5 Å². The number of aromatic nitrogens is 3. The quantitative estimate of drug-likeness (QED) is 0.693. The second-order valence-corrected chi connectivity index (χ2v) is 5.55. The maximum atomic E-state index is 6.33. The molecule has 5 heteroatoms. The molecule has 0 aromatic carbocycles. The van der Waals surface area contributed by atoms with Crippen LogP contribution in [0, 0.1) is 13.8 Å². The Morgan fingerprint density at radius 3 is 2.58 bits per heavy atom. The molecule has 4 nitrogen and oxygen atoms in total. The summed E-state index contributed by atoms with van der Waals surface area (Å²) in [6, 6.07) is 2.30. The standard InChI is InChI=1S/C14H17ClN4/c1-7-6-10-11-12(19(5)9(3)17-11)8(2)18(4)13(10)14(15)16-7/h6,8H,1-5H3. The van der Waals surface area contributed by atoms with Crippen LogP contribution >= 0.6 is 11.6 Å². The minimum Gasteiger partial charge on any atom is -0.363 e. The SMILES string of the molecule is Cc1cc2c(c(Cl)n1)N(C)C(C)c1c-2nc(C)n1C. The minimum absolute atomic E-state index is 0.232. The Balaban J connectivity index is 2.40. The fraction of sp³-hybridized carbons (Fsp3) is 0.429. The van der Waals surface area contributed by atoms with Crippen molar-refractivity contribution < 1.29 is 0 Å². The molecule has 3 rings (SSSR count). The van der Waals surface area contributed by atoms with Crippen molar-refractivity contribution in [3.63, 3.8) is 0 Å². The minimum atomic E-state index is 0.232. The number of nitrogens with zero attached hydrogens (tertiary/aromatic N) is 4. The topological polar surface area (TPSA) is 34.0 Å². The van der Waals surface area contributed by atoms with Crippen molar-refractivity contribution in [2.45, 2.75) is 26.8 Å². The molecule has 0 radical (unpaired) electrons. The van der Waals surface area contributed by atoms with E-state index in [9.17, 15) is 0 Å². The van der Waals surface area contributed by atoms with Crippen molar-refractivity contribution in [2.24, 2.45) is 7.05 Å².